The quantitative estimate of drug-likeness (QED) is 0.296. The third-order valence-corrected chi connectivity index (χ3v) is 6.42. The van der Waals surface area contributed by atoms with E-state index in [1.807, 2.05) is 6.07 Å². The van der Waals surface area contributed by atoms with Crippen molar-refractivity contribution in [2.24, 2.45) is 5.92 Å². The number of ether oxygens (including phenoxy) is 1. The van der Waals surface area contributed by atoms with E-state index in [0.717, 1.165) is 0 Å². The molecule has 1 aliphatic heterocycles. The summed E-state index contributed by atoms with van der Waals surface area (Å²) in [6.07, 6.45) is -4.42. The number of esters is 1. The van der Waals surface area contributed by atoms with E-state index < -0.39 is 40.8 Å². The number of nitriles is 1. The Morgan fingerprint density at radius 2 is 1.81 bits per heavy atom. The van der Waals surface area contributed by atoms with Gasteiger partial charge in [-0.15, -0.1) is 9.60 Å². The van der Waals surface area contributed by atoms with Crippen LogP contribution in [0.5, 0.6) is 0 Å². The van der Waals surface area contributed by atoms with E-state index in [0.29, 0.717) is 35.1 Å². The third-order valence-electron chi connectivity index (χ3n) is 6.42. The fourth-order valence-electron chi connectivity index (χ4n) is 4.30. The number of fused-ring (bicyclic) bond motifs is 1. The lowest BCUT2D eigenvalue weighted by Crippen LogP contribution is -2.51. The van der Waals surface area contributed by atoms with Crippen LogP contribution in [0.15, 0.2) is 42.5 Å². The zero-order chi connectivity index (χ0) is 26.3. The Morgan fingerprint density at radius 1 is 1.17 bits per heavy atom. The number of amides is 1. The molecule has 0 saturated heterocycles. The first-order chi connectivity index (χ1) is 16.9. The maximum Gasteiger partial charge on any atom is 0.410 e. The van der Waals surface area contributed by atoms with Crippen molar-refractivity contribution >= 4 is 11.9 Å². The van der Waals surface area contributed by atoms with Gasteiger partial charge in [0.25, 0.3) is 0 Å². The molecular weight excluding hydrogens is 478 g/mol. The number of benzene rings is 2. The molecule has 4 rings (SSSR count). The molecule has 1 fully saturated rings. The van der Waals surface area contributed by atoms with Crippen molar-refractivity contribution in [3.8, 4) is 17.2 Å². The van der Waals surface area contributed by atoms with Crippen molar-refractivity contribution < 1.29 is 32.0 Å². The summed E-state index contributed by atoms with van der Waals surface area (Å²) in [6.45, 7) is 3.48. The van der Waals surface area contributed by atoms with Gasteiger partial charge in [-0.05, 0) is 54.0 Å². The van der Waals surface area contributed by atoms with Crippen LogP contribution in [0.4, 0.5) is 17.7 Å². The Balaban J connectivity index is 1.61. The molecule has 1 N–H and O–H groups in total. The fourth-order valence-corrected chi connectivity index (χ4v) is 4.30. The molecule has 2 aromatic carbocycles. The molecule has 0 radical (unpaired) electrons. The first-order valence-electron chi connectivity index (χ1n) is 11.6. The lowest BCUT2D eigenvalue weighted by Gasteiger charge is -2.33. The lowest BCUT2D eigenvalue weighted by atomic mass is 9.96. The van der Waals surface area contributed by atoms with Crippen LogP contribution in [-0.4, -0.2) is 34.8 Å². The minimum atomic E-state index is -5.01. The van der Waals surface area contributed by atoms with E-state index in [-0.39, 0.29) is 24.5 Å². The highest BCUT2D eigenvalue weighted by atomic mass is 19.4. The summed E-state index contributed by atoms with van der Waals surface area (Å²) >= 11 is 0. The molecule has 2 aromatic rings. The van der Waals surface area contributed by atoms with Gasteiger partial charge < -0.3 is 10.1 Å². The van der Waals surface area contributed by atoms with E-state index in [4.69, 9.17) is 4.74 Å². The van der Waals surface area contributed by atoms with Crippen LogP contribution in [0.3, 0.4) is 0 Å². The summed E-state index contributed by atoms with van der Waals surface area (Å²) in [6, 6.07) is 7.75. The SMILES string of the molecule is CC(C)C[C@@H](C(=O)NC1(C#N)CC1)N(F)[C@@H](c1ccc(-c2ccc3c(c2)COC3=O)cc1)C(F)(F)F. The molecule has 2 atom stereocenters. The molecule has 36 heavy (non-hydrogen) atoms. The van der Waals surface area contributed by atoms with Crippen LogP contribution in [0.2, 0.25) is 0 Å². The number of carbonyl (C=O) groups is 2. The van der Waals surface area contributed by atoms with Gasteiger partial charge in [0.15, 0.2) is 6.04 Å². The second-order valence-corrected chi connectivity index (χ2v) is 9.69. The number of nitrogens with one attached hydrogen (secondary N) is 1. The van der Waals surface area contributed by atoms with Crippen LogP contribution in [0.1, 0.15) is 60.6 Å². The normalized spacial score (nSPS) is 17.8. The highest BCUT2D eigenvalue weighted by Gasteiger charge is 2.51. The maximum absolute atomic E-state index is 15.6. The molecule has 1 saturated carbocycles. The first-order valence-corrected chi connectivity index (χ1v) is 11.6. The lowest BCUT2D eigenvalue weighted by molar-refractivity contribution is -0.234. The van der Waals surface area contributed by atoms with Gasteiger partial charge in [-0.25, -0.2) is 4.79 Å². The Labute approximate surface area is 205 Å². The molecule has 6 nitrogen and oxygen atoms in total. The number of hydrogen-bond acceptors (Lipinski definition) is 5. The molecule has 0 spiro atoms. The molecule has 1 amide bonds. The zero-order valence-electron chi connectivity index (χ0n) is 19.7. The molecule has 190 valence electrons. The highest BCUT2D eigenvalue weighted by Crippen LogP contribution is 2.41. The van der Waals surface area contributed by atoms with Crippen molar-refractivity contribution in [1.29, 1.82) is 5.26 Å². The highest BCUT2D eigenvalue weighted by molar-refractivity contribution is 5.94. The number of alkyl halides is 3. The second-order valence-electron chi connectivity index (χ2n) is 9.69. The van der Waals surface area contributed by atoms with Crippen molar-refractivity contribution in [2.75, 3.05) is 0 Å². The number of cyclic esters (lactones) is 1. The number of rotatable bonds is 8. The predicted molar refractivity (Wildman–Crippen MR) is 122 cm³/mol. The average molecular weight is 503 g/mol. The van der Waals surface area contributed by atoms with Crippen LogP contribution in [0, 0.1) is 17.2 Å². The molecule has 0 unspecified atom stereocenters. The van der Waals surface area contributed by atoms with E-state index in [9.17, 15) is 28.0 Å². The third kappa shape index (κ3) is 5.21. The van der Waals surface area contributed by atoms with Crippen LogP contribution >= 0.6 is 0 Å². The van der Waals surface area contributed by atoms with Gasteiger partial charge in [-0.3, -0.25) is 4.79 Å². The number of carbonyl (C=O) groups excluding carboxylic acids is 2. The smallest absolute Gasteiger partial charge is 0.410 e. The minimum absolute atomic E-state index is 0.124. The van der Waals surface area contributed by atoms with Gasteiger partial charge in [0, 0.05) is 5.56 Å². The second kappa shape index (κ2) is 9.54. The topological polar surface area (TPSA) is 82.4 Å². The first kappa shape index (κ1) is 25.6. The van der Waals surface area contributed by atoms with E-state index in [2.05, 4.69) is 5.32 Å². The predicted octanol–water partition coefficient (Wildman–Crippen LogP) is 5.40. The Kier molecular flexibility index (Phi) is 6.80. The fraction of sp³-hybridized carbons (Fsp3) is 0.423. The van der Waals surface area contributed by atoms with Gasteiger partial charge in [0.1, 0.15) is 18.2 Å². The Morgan fingerprint density at radius 3 is 2.36 bits per heavy atom. The number of nitrogens with zero attached hydrogens (tertiary/aromatic N) is 2. The molecular formula is C26H25F4N3O3. The van der Waals surface area contributed by atoms with Crippen LogP contribution in [-0.2, 0) is 16.1 Å². The maximum atomic E-state index is 15.6. The van der Waals surface area contributed by atoms with Crippen molar-refractivity contribution in [3.05, 3.63) is 59.2 Å². The summed E-state index contributed by atoms with van der Waals surface area (Å²) in [5.41, 5.74) is 0.874. The van der Waals surface area contributed by atoms with Gasteiger partial charge in [0.2, 0.25) is 5.91 Å². The van der Waals surface area contributed by atoms with Gasteiger partial charge in [-0.2, -0.15) is 18.4 Å². The monoisotopic (exact) mass is 503 g/mol. The molecule has 10 heteroatoms. The van der Waals surface area contributed by atoms with Gasteiger partial charge >= 0.3 is 12.1 Å². The largest absolute Gasteiger partial charge is 0.457 e. The Hall–Kier alpha value is -3.45. The summed E-state index contributed by atoms with van der Waals surface area (Å²) < 4.78 is 62.9. The molecule has 0 bridgehead atoms. The van der Waals surface area contributed by atoms with Crippen molar-refractivity contribution in [3.63, 3.8) is 0 Å². The molecule has 2 aliphatic rings. The Bertz CT molecular complexity index is 1200. The number of halogens is 4. The van der Waals surface area contributed by atoms with Gasteiger partial charge in [0.05, 0.1) is 11.6 Å². The average Bonchev–Trinajstić information content (AvgIpc) is 3.50. The molecule has 0 aromatic heterocycles. The van der Waals surface area contributed by atoms with Gasteiger partial charge in [-0.1, -0.05) is 44.2 Å². The molecule has 1 heterocycles. The molecule has 1 aliphatic carbocycles. The van der Waals surface area contributed by atoms with Crippen molar-refractivity contribution in [2.45, 2.75) is 63.5 Å². The zero-order valence-corrected chi connectivity index (χ0v) is 19.7. The van der Waals surface area contributed by atoms with Crippen LogP contribution < -0.4 is 5.32 Å². The summed E-state index contributed by atoms with van der Waals surface area (Å²) in [7, 11) is 0. The minimum Gasteiger partial charge on any atom is -0.457 e. The van der Waals surface area contributed by atoms with E-state index in [1.165, 1.54) is 24.3 Å². The standard InChI is InChI=1S/C26H25F4N3O3/c1-15(2)11-21(23(34)32-25(14-31)9-10-25)33(30)22(26(27,28)29)17-5-3-16(4-6-17)18-7-8-20-19(12-18)13-36-24(20)35/h3-8,12,15,21-22H,9-11,13H2,1-2H3,(H,32,34)/t21-,22-/m0/s1. The summed E-state index contributed by atoms with van der Waals surface area (Å²) in [5, 5.41) is 11.2. The van der Waals surface area contributed by atoms with E-state index >= 15 is 4.48 Å². The van der Waals surface area contributed by atoms with E-state index in [1.54, 1.807) is 32.0 Å². The summed E-state index contributed by atoms with van der Waals surface area (Å²) in [5.74, 6) is -1.64. The summed E-state index contributed by atoms with van der Waals surface area (Å²) in [4.78, 5) is 24.5. The van der Waals surface area contributed by atoms with Crippen LogP contribution in [0.25, 0.3) is 11.1 Å². The van der Waals surface area contributed by atoms with Crippen molar-refractivity contribution in [1.82, 2.24) is 10.4 Å². The number of hydrogen-bond donors (Lipinski definition) is 1.